The van der Waals surface area contributed by atoms with Gasteiger partial charge in [-0.3, -0.25) is 4.79 Å². The predicted octanol–water partition coefficient (Wildman–Crippen LogP) is 2.85. The lowest BCUT2D eigenvalue weighted by Gasteiger charge is -2.12. The molecule has 1 fully saturated rings. The number of pyridine rings is 1. The maximum absolute atomic E-state index is 12.0. The third kappa shape index (κ3) is 4.80. The lowest BCUT2D eigenvalue weighted by atomic mass is 10.1. The summed E-state index contributed by atoms with van der Waals surface area (Å²) in [6.45, 7) is 1.62. The molecule has 5 nitrogen and oxygen atoms in total. The van der Waals surface area contributed by atoms with Gasteiger partial charge in [-0.2, -0.15) is 0 Å². The van der Waals surface area contributed by atoms with Gasteiger partial charge in [0.05, 0.1) is 12.5 Å². The average molecular weight is 326 g/mol. The van der Waals surface area contributed by atoms with Crippen LogP contribution in [0.3, 0.4) is 0 Å². The third-order valence-corrected chi connectivity index (χ3v) is 3.98. The highest BCUT2D eigenvalue weighted by Crippen LogP contribution is 2.17. The Labute approximate surface area is 142 Å². The van der Waals surface area contributed by atoms with E-state index in [1.807, 2.05) is 42.5 Å². The Hall–Kier alpha value is -2.40. The van der Waals surface area contributed by atoms with E-state index < -0.39 is 0 Å². The third-order valence-electron chi connectivity index (χ3n) is 3.98. The molecular weight excluding hydrogens is 304 g/mol. The molecule has 1 aromatic carbocycles. The largest absolute Gasteiger partial charge is 0.473 e. The molecule has 1 amide bonds. The van der Waals surface area contributed by atoms with Crippen LogP contribution in [0.1, 0.15) is 30.4 Å². The minimum atomic E-state index is -0.000220. The summed E-state index contributed by atoms with van der Waals surface area (Å²) in [5.41, 5.74) is 1.95. The van der Waals surface area contributed by atoms with Gasteiger partial charge in [0.2, 0.25) is 11.8 Å². The first kappa shape index (κ1) is 16.5. The van der Waals surface area contributed by atoms with Gasteiger partial charge in [-0.05, 0) is 24.5 Å². The topological polar surface area (TPSA) is 60.5 Å². The summed E-state index contributed by atoms with van der Waals surface area (Å²) in [7, 11) is 0. The zero-order chi connectivity index (χ0) is 16.6. The number of amides is 1. The van der Waals surface area contributed by atoms with Crippen molar-refractivity contribution in [3.63, 3.8) is 0 Å². The predicted molar refractivity (Wildman–Crippen MR) is 90.4 cm³/mol. The van der Waals surface area contributed by atoms with Gasteiger partial charge in [0, 0.05) is 24.9 Å². The number of ether oxygens (including phenoxy) is 2. The number of nitrogens with zero attached hydrogens (tertiary/aromatic N) is 1. The molecule has 1 aromatic heterocycles. The van der Waals surface area contributed by atoms with Gasteiger partial charge in [-0.25, -0.2) is 4.98 Å². The van der Waals surface area contributed by atoms with Crippen LogP contribution >= 0.6 is 0 Å². The molecule has 2 aromatic rings. The van der Waals surface area contributed by atoms with Crippen LogP contribution in [0.4, 0.5) is 0 Å². The number of hydrogen-bond acceptors (Lipinski definition) is 4. The van der Waals surface area contributed by atoms with Gasteiger partial charge in [0.1, 0.15) is 6.61 Å². The highest BCUT2D eigenvalue weighted by Gasteiger charge is 2.19. The average Bonchev–Trinajstić information content (AvgIpc) is 3.13. The van der Waals surface area contributed by atoms with Crippen LogP contribution < -0.4 is 10.1 Å². The van der Waals surface area contributed by atoms with Gasteiger partial charge in [-0.1, -0.05) is 36.4 Å². The van der Waals surface area contributed by atoms with Gasteiger partial charge in [0.25, 0.3) is 0 Å². The van der Waals surface area contributed by atoms with E-state index in [1.165, 1.54) is 0 Å². The molecule has 0 saturated carbocycles. The number of rotatable bonds is 7. The number of carbonyl (C=O) groups excluding carboxylic acids is 1. The first-order valence-electron chi connectivity index (χ1n) is 8.30. The molecule has 1 aliphatic rings. The van der Waals surface area contributed by atoms with Crippen molar-refractivity contribution >= 4 is 5.91 Å². The standard InChI is InChI=1S/C19H22N2O3/c22-18(12-17-9-5-11-23-17)21-13-16-8-4-10-20-19(16)24-14-15-6-2-1-3-7-15/h1-4,6-8,10,17H,5,9,11-14H2,(H,21,22)/t17-/m0/s1. The van der Waals surface area contributed by atoms with Crippen LogP contribution in [0.15, 0.2) is 48.7 Å². The molecule has 3 rings (SSSR count). The monoisotopic (exact) mass is 326 g/mol. The second-order valence-corrected chi connectivity index (χ2v) is 5.86. The molecule has 1 N–H and O–H groups in total. The molecule has 0 spiro atoms. The van der Waals surface area contributed by atoms with Crippen LogP contribution in [0, 0.1) is 0 Å². The molecule has 5 heteroatoms. The van der Waals surface area contributed by atoms with Gasteiger partial charge >= 0.3 is 0 Å². The Morgan fingerprint density at radius 1 is 1.25 bits per heavy atom. The van der Waals surface area contributed by atoms with Crippen LogP contribution in [-0.2, 0) is 22.7 Å². The zero-order valence-electron chi connectivity index (χ0n) is 13.6. The van der Waals surface area contributed by atoms with E-state index >= 15 is 0 Å². The molecular formula is C19H22N2O3. The van der Waals surface area contributed by atoms with Gasteiger partial charge < -0.3 is 14.8 Å². The summed E-state index contributed by atoms with van der Waals surface area (Å²) < 4.78 is 11.3. The quantitative estimate of drug-likeness (QED) is 0.850. The molecule has 2 heterocycles. The van der Waals surface area contributed by atoms with Crippen LogP contribution in [-0.4, -0.2) is 23.6 Å². The molecule has 1 atom stereocenters. The molecule has 1 saturated heterocycles. The smallest absolute Gasteiger partial charge is 0.222 e. The summed E-state index contributed by atoms with van der Waals surface area (Å²) in [5, 5.41) is 2.93. The Morgan fingerprint density at radius 3 is 2.92 bits per heavy atom. The summed E-state index contributed by atoms with van der Waals surface area (Å²) >= 11 is 0. The lowest BCUT2D eigenvalue weighted by Crippen LogP contribution is -2.27. The molecule has 24 heavy (non-hydrogen) atoms. The maximum Gasteiger partial charge on any atom is 0.222 e. The van der Waals surface area contributed by atoms with Crippen molar-refractivity contribution in [3.05, 3.63) is 59.8 Å². The summed E-state index contributed by atoms with van der Waals surface area (Å²) in [6.07, 6.45) is 4.18. The fourth-order valence-electron chi connectivity index (χ4n) is 2.69. The highest BCUT2D eigenvalue weighted by molar-refractivity contribution is 5.76. The fraction of sp³-hybridized carbons (Fsp3) is 0.368. The molecule has 0 aliphatic carbocycles. The van der Waals surface area contributed by atoms with Crippen molar-refractivity contribution in [3.8, 4) is 5.88 Å². The number of hydrogen-bond donors (Lipinski definition) is 1. The zero-order valence-corrected chi connectivity index (χ0v) is 13.6. The van der Waals surface area contributed by atoms with Gasteiger partial charge in [0.15, 0.2) is 0 Å². The fourth-order valence-corrected chi connectivity index (χ4v) is 2.69. The minimum Gasteiger partial charge on any atom is -0.473 e. The maximum atomic E-state index is 12.0. The Balaban J connectivity index is 1.52. The normalized spacial score (nSPS) is 16.8. The van der Waals surface area contributed by atoms with Crippen molar-refractivity contribution in [1.82, 2.24) is 10.3 Å². The van der Waals surface area contributed by atoms with Gasteiger partial charge in [-0.15, -0.1) is 0 Å². The number of benzene rings is 1. The summed E-state index contributed by atoms with van der Waals surface area (Å²) in [6, 6.07) is 13.7. The van der Waals surface area contributed by atoms with E-state index in [0.717, 1.165) is 30.6 Å². The molecule has 126 valence electrons. The lowest BCUT2D eigenvalue weighted by molar-refractivity contribution is -0.123. The molecule has 0 unspecified atom stereocenters. The van der Waals surface area contributed by atoms with E-state index in [4.69, 9.17) is 9.47 Å². The first-order valence-corrected chi connectivity index (χ1v) is 8.30. The van der Waals surface area contributed by atoms with Crippen molar-refractivity contribution in [2.24, 2.45) is 0 Å². The van der Waals surface area contributed by atoms with Crippen LogP contribution in [0.5, 0.6) is 5.88 Å². The number of nitrogens with one attached hydrogen (secondary N) is 1. The molecule has 1 aliphatic heterocycles. The van der Waals surface area contributed by atoms with E-state index in [1.54, 1.807) is 6.20 Å². The second kappa shape index (κ2) is 8.45. The van der Waals surface area contributed by atoms with Crippen LogP contribution in [0.2, 0.25) is 0 Å². The van der Waals surface area contributed by atoms with E-state index in [-0.39, 0.29) is 12.0 Å². The Bertz CT molecular complexity index is 655. The Morgan fingerprint density at radius 2 is 2.12 bits per heavy atom. The number of aromatic nitrogens is 1. The highest BCUT2D eigenvalue weighted by atomic mass is 16.5. The van der Waals surface area contributed by atoms with E-state index in [9.17, 15) is 4.79 Å². The second-order valence-electron chi connectivity index (χ2n) is 5.86. The van der Waals surface area contributed by atoms with Crippen molar-refractivity contribution in [2.45, 2.75) is 38.5 Å². The van der Waals surface area contributed by atoms with Crippen LogP contribution in [0.25, 0.3) is 0 Å². The van der Waals surface area contributed by atoms with Crippen molar-refractivity contribution in [1.29, 1.82) is 0 Å². The molecule has 0 bridgehead atoms. The first-order chi connectivity index (χ1) is 11.8. The molecule has 0 radical (unpaired) electrons. The van der Waals surface area contributed by atoms with Crippen molar-refractivity contribution < 1.29 is 14.3 Å². The minimum absolute atomic E-state index is 0.000220. The van der Waals surface area contributed by atoms with E-state index in [0.29, 0.717) is 25.5 Å². The van der Waals surface area contributed by atoms with Crippen molar-refractivity contribution in [2.75, 3.05) is 6.61 Å². The summed E-state index contributed by atoms with van der Waals surface area (Å²) in [4.78, 5) is 16.3. The Kier molecular flexibility index (Phi) is 5.80. The summed E-state index contributed by atoms with van der Waals surface area (Å²) in [5.74, 6) is 0.554. The van der Waals surface area contributed by atoms with E-state index in [2.05, 4.69) is 10.3 Å². The number of carbonyl (C=O) groups is 1. The SMILES string of the molecule is O=C(C[C@@H]1CCCO1)NCc1cccnc1OCc1ccccc1.